The molecule has 0 aromatic heterocycles. The Hall–Kier alpha value is -0.170. The van der Waals surface area contributed by atoms with Crippen LogP contribution in [0, 0.1) is 5.41 Å². The summed E-state index contributed by atoms with van der Waals surface area (Å²) in [5.74, 6) is 0. The zero-order valence-corrected chi connectivity index (χ0v) is 10.3. The molecule has 1 aliphatic heterocycles. The van der Waals surface area contributed by atoms with Crippen LogP contribution in [-0.2, 0) is 10.2 Å². The van der Waals surface area contributed by atoms with Crippen LogP contribution in [0.4, 0.5) is 0 Å². The van der Waals surface area contributed by atoms with Crippen LogP contribution in [0.5, 0.6) is 0 Å². The summed E-state index contributed by atoms with van der Waals surface area (Å²) in [5.41, 5.74) is -0.493. The molecule has 0 aromatic rings. The van der Waals surface area contributed by atoms with E-state index in [1.807, 2.05) is 0 Å². The van der Waals surface area contributed by atoms with Crippen LogP contribution in [0.25, 0.3) is 0 Å². The Morgan fingerprint density at radius 3 is 2.13 bits per heavy atom. The molecule has 15 heavy (non-hydrogen) atoms. The second kappa shape index (κ2) is 4.37. The van der Waals surface area contributed by atoms with Crippen molar-refractivity contribution in [2.24, 2.45) is 5.41 Å². The molecule has 1 aliphatic rings. The molecule has 5 nitrogen and oxygen atoms in total. The highest BCUT2D eigenvalue weighted by molar-refractivity contribution is 7.87. The smallest absolute Gasteiger partial charge is 0.281 e. The van der Waals surface area contributed by atoms with E-state index in [9.17, 15) is 13.5 Å². The molecule has 90 valence electrons. The monoisotopic (exact) mass is 236 g/mol. The van der Waals surface area contributed by atoms with Gasteiger partial charge < -0.3 is 5.11 Å². The van der Waals surface area contributed by atoms with Gasteiger partial charge in [-0.05, 0) is 12.8 Å². The summed E-state index contributed by atoms with van der Waals surface area (Å²) in [5, 5.41) is 9.66. The van der Waals surface area contributed by atoms with E-state index in [0.29, 0.717) is 13.1 Å². The van der Waals surface area contributed by atoms with Gasteiger partial charge in [0.15, 0.2) is 0 Å². The van der Waals surface area contributed by atoms with E-state index in [1.54, 1.807) is 20.8 Å². The first-order valence-electron chi connectivity index (χ1n) is 5.19. The Bertz CT molecular complexity index is 302. The van der Waals surface area contributed by atoms with Gasteiger partial charge in [0.05, 0.1) is 0 Å². The fourth-order valence-electron chi connectivity index (χ4n) is 1.32. The first-order valence-corrected chi connectivity index (χ1v) is 6.63. The lowest BCUT2D eigenvalue weighted by Gasteiger charge is -2.28. The Morgan fingerprint density at radius 2 is 1.73 bits per heavy atom. The molecule has 0 saturated carbocycles. The normalized spacial score (nSPS) is 21.9. The standard InChI is InChI=1S/C9H20N2O3S/c1-9(2,3)8(12)10-15(13,14)11-6-4-5-7-11/h8,10,12H,4-7H2,1-3H3. The van der Waals surface area contributed by atoms with Crippen molar-refractivity contribution in [1.29, 1.82) is 0 Å². The minimum Gasteiger partial charge on any atom is -0.377 e. The molecule has 1 saturated heterocycles. The minimum absolute atomic E-state index is 0.493. The van der Waals surface area contributed by atoms with E-state index in [0.717, 1.165) is 12.8 Å². The Labute approximate surface area is 91.7 Å². The average Bonchev–Trinajstić information content (AvgIpc) is 2.52. The fraction of sp³-hybridized carbons (Fsp3) is 1.00. The van der Waals surface area contributed by atoms with E-state index in [2.05, 4.69) is 4.72 Å². The largest absolute Gasteiger partial charge is 0.377 e. The van der Waals surface area contributed by atoms with Crippen molar-refractivity contribution >= 4 is 10.2 Å². The lowest BCUT2D eigenvalue weighted by molar-refractivity contribution is 0.0523. The Balaban J connectivity index is 2.64. The Kier molecular flexibility index (Phi) is 3.76. The zero-order chi connectivity index (χ0) is 11.7. The highest BCUT2D eigenvalue weighted by Gasteiger charge is 2.31. The molecule has 1 heterocycles. The van der Waals surface area contributed by atoms with Gasteiger partial charge in [0.1, 0.15) is 6.23 Å². The second-order valence-electron chi connectivity index (χ2n) is 5.00. The van der Waals surface area contributed by atoms with Crippen LogP contribution in [-0.4, -0.2) is 37.1 Å². The van der Waals surface area contributed by atoms with Crippen molar-refractivity contribution in [2.45, 2.75) is 39.8 Å². The molecule has 1 rings (SSSR count). The van der Waals surface area contributed by atoms with E-state index >= 15 is 0 Å². The summed E-state index contributed by atoms with van der Waals surface area (Å²) >= 11 is 0. The number of rotatable bonds is 3. The van der Waals surface area contributed by atoms with Crippen molar-refractivity contribution in [3.63, 3.8) is 0 Å². The third-order valence-electron chi connectivity index (χ3n) is 2.49. The SMILES string of the molecule is CC(C)(C)C(O)NS(=O)(=O)N1CCCC1. The molecule has 0 amide bonds. The molecule has 2 N–H and O–H groups in total. The summed E-state index contributed by atoms with van der Waals surface area (Å²) in [7, 11) is -3.51. The first-order chi connectivity index (χ1) is 6.73. The minimum atomic E-state index is -3.51. The number of aliphatic hydroxyl groups is 1. The molecule has 0 aliphatic carbocycles. The van der Waals surface area contributed by atoms with E-state index in [1.165, 1.54) is 4.31 Å². The maximum absolute atomic E-state index is 11.7. The molecule has 1 unspecified atom stereocenters. The van der Waals surface area contributed by atoms with Gasteiger partial charge >= 0.3 is 0 Å². The summed E-state index contributed by atoms with van der Waals surface area (Å²) in [6.45, 7) is 6.44. The highest BCUT2D eigenvalue weighted by Crippen LogP contribution is 2.19. The molecule has 6 heteroatoms. The third kappa shape index (κ3) is 3.41. The Morgan fingerprint density at radius 1 is 1.27 bits per heavy atom. The number of hydrogen-bond acceptors (Lipinski definition) is 3. The second-order valence-corrected chi connectivity index (χ2v) is 6.70. The van der Waals surface area contributed by atoms with Gasteiger partial charge in [-0.1, -0.05) is 20.8 Å². The van der Waals surface area contributed by atoms with Gasteiger partial charge in [-0.15, -0.1) is 0 Å². The third-order valence-corrected chi connectivity index (χ3v) is 4.05. The van der Waals surface area contributed by atoms with Crippen LogP contribution in [0.1, 0.15) is 33.6 Å². The number of hydrogen-bond donors (Lipinski definition) is 2. The van der Waals surface area contributed by atoms with E-state index in [-0.39, 0.29) is 0 Å². The number of nitrogens with zero attached hydrogens (tertiary/aromatic N) is 1. The highest BCUT2D eigenvalue weighted by atomic mass is 32.2. The number of aliphatic hydroxyl groups excluding tert-OH is 1. The van der Waals surface area contributed by atoms with Gasteiger partial charge in [-0.2, -0.15) is 17.4 Å². The van der Waals surface area contributed by atoms with Gasteiger partial charge in [-0.3, -0.25) is 0 Å². The zero-order valence-electron chi connectivity index (χ0n) is 9.52. The van der Waals surface area contributed by atoms with Gasteiger partial charge in [0, 0.05) is 18.5 Å². The van der Waals surface area contributed by atoms with E-state index in [4.69, 9.17) is 0 Å². The summed E-state index contributed by atoms with van der Waals surface area (Å²) in [4.78, 5) is 0. The lowest BCUT2D eigenvalue weighted by atomic mass is 9.95. The van der Waals surface area contributed by atoms with Crippen molar-refractivity contribution in [2.75, 3.05) is 13.1 Å². The van der Waals surface area contributed by atoms with Crippen molar-refractivity contribution in [3.8, 4) is 0 Å². The molecule has 1 atom stereocenters. The van der Waals surface area contributed by atoms with Crippen LogP contribution in [0.2, 0.25) is 0 Å². The van der Waals surface area contributed by atoms with Gasteiger partial charge in [0.25, 0.3) is 10.2 Å². The molecule has 0 aromatic carbocycles. The number of nitrogens with one attached hydrogen (secondary N) is 1. The summed E-state index contributed by atoms with van der Waals surface area (Å²) in [6.07, 6.45) is 0.738. The molecule has 0 spiro atoms. The van der Waals surface area contributed by atoms with Crippen LogP contribution in [0.3, 0.4) is 0 Å². The molecule has 1 fully saturated rings. The summed E-state index contributed by atoms with van der Waals surface area (Å²) in [6, 6.07) is 0. The maximum Gasteiger partial charge on any atom is 0.281 e. The fourth-order valence-corrected chi connectivity index (χ4v) is 2.84. The predicted octanol–water partition coefficient (Wildman–Crippen LogP) is 0.281. The lowest BCUT2D eigenvalue weighted by Crippen LogP contribution is -2.49. The van der Waals surface area contributed by atoms with Crippen molar-refractivity contribution in [3.05, 3.63) is 0 Å². The van der Waals surface area contributed by atoms with Gasteiger partial charge in [0.2, 0.25) is 0 Å². The first kappa shape index (κ1) is 12.9. The molecular formula is C9H20N2O3S. The summed E-state index contributed by atoms with van der Waals surface area (Å²) < 4.78 is 27.2. The molecular weight excluding hydrogens is 216 g/mol. The molecule has 0 bridgehead atoms. The van der Waals surface area contributed by atoms with Crippen LogP contribution < -0.4 is 4.72 Å². The van der Waals surface area contributed by atoms with Crippen LogP contribution >= 0.6 is 0 Å². The van der Waals surface area contributed by atoms with E-state index < -0.39 is 21.9 Å². The van der Waals surface area contributed by atoms with Crippen molar-refractivity contribution < 1.29 is 13.5 Å². The van der Waals surface area contributed by atoms with Gasteiger partial charge in [-0.25, -0.2) is 0 Å². The predicted molar refractivity (Wildman–Crippen MR) is 58.3 cm³/mol. The quantitative estimate of drug-likeness (QED) is 0.692. The molecule has 0 radical (unpaired) electrons. The van der Waals surface area contributed by atoms with Crippen LogP contribution in [0.15, 0.2) is 0 Å². The topological polar surface area (TPSA) is 69.6 Å². The maximum atomic E-state index is 11.7. The van der Waals surface area contributed by atoms with Crippen molar-refractivity contribution in [1.82, 2.24) is 9.03 Å². The average molecular weight is 236 g/mol.